The summed E-state index contributed by atoms with van der Waals surface area (Å²) in [6, 6.07) is 12.6. The molecule has 25 heavy (non-hydrogen) atoms. The molecule has 2 aromatic rings. The molecule has 0 spiro atoms. The van der Waals surface area contributed by atoms with Crippen molar-refractivity contribution in [3.05, 3.63) is 58.1 Å². The van der Waals surface area contributed by atoms with E-state index < -0.39 is 0 Å². The standard InChI is InChI=1S/C18H18Cl2N2O2S/c1-2-24-16-6-4-3-5-15(16)21-18(23)22-9-10-25-17(22)13-8-7-12(19)11-14(13)20/h3-8,11,17H,2,9-10H2,1H3,(H,21,23)/t17-/m1/s1. The summed E-state index contributed by atoms with van der Waals surface area (Å²) >= 11 is 14.0. The normalized spacial score (nSPS) is 16.8. The average Bonchev–Trinajstić information content (AvgIpc) is 3.06. The van der Waals surface area contributed by atoms with E-state index in [0.29, 0.717) is 34.6 Å². The fourth-order valence-electron chi connectivity index (χ4n) is 2.68. The van der Waals surface area contributed by atoms with Crippen LogP contribution in [0.5, 0.6) is 5.75 Å². The topological polar surface area (TPSA) is 41.6 Å². The zero-order chi connectivity index (χ0) is 17.8. The second kappa shape index (κ2) is 8.21. The number of nitrogens with zero attached hydrogens (tertiary/aromatic N) is 1. The zero-order valence-electron chi connectivity index (χ0n) is 13.7. The van der Waals surface area contributed by atoms with E-state index in [1.807, 2.05) is 37.3 Å². The highest BCUT2D eigenvalue weighted by Gasteiger charge is 2.32. The van der Waals surface area contributed by atoms with Crippen LogP contribution in [-0.2, 0) is 0 Å². The van der Waals surface area contributed by atoms with Crippen LogP contribution in [0, 0.1) is 0 Å². The Morgan fingerprint density at radius 3 is 2.88 bits per heavy atom. The lowest BCUT2D eigenvalue weighted by Crippen LogP contribution is -2.34. The Morgan fingerprint density at radius 2 is 2.12 bits per heavy atom. The maximum Gasteiger partial charge on any atom is 0.323 e. The Hall–Kier alpha value is -1.56. The summed E-state index contributed by atoms with van der Waals surface area (Å²) in [6.45, 7) is 3.10. The number of amides is 2. The number of nitrogens with one attached hydrogen (secondary N) is 1. The van der Waals surface area contributed by atoms with Crippen LogP contribution in [0.3, 0.4) is 0 Å². The molecule has 1 saturated heterocycles. The van der Waals surface area contributed by atoms with Gasteiger partial charge in [-0.15, -0.1) is 11.8 Å². The Morgan fingerprint density at radius 1 is 1.32 bits per heavy atom. The molecule has 2 amide bonds. The van der Waals surface area contributed by atoms with Crippen LogP contribution in [-0.4, -0.2) is 29.8 Å². The van der Waals surface area contributed by atoms with Gasteiger partial charge in [-0.3, -0.25) is 0 Å². The van der Waals surface area contributed by atoms with Crippen molar-refractivity contribution in [1.29, 1.82) is 0 Å². The van der Waals surface area contributed by atoms with Gasteiger partial charge in [0, 0.05) is 27.9 Å². The minimum atomic E-state index is -0.173. The maximum absolute atomic E-state index is 12.8. The number of ether oxygens (including phenoxy) is 1. The van der Waals surface area contributed by atoms with Crippen LogP contribution in [0.4, 0.5) is 10.5 Å². The molecule has 132 valence electrons. The molecule has 1 aliphatic heterocycles. The van der Waals surface area contributed by atoms with E-state index in [1.165, 1.54) is 0 Å². The van der Waals surface area contributed by atoms with Gasteiger partial charge in [-0.1, -0.05) is 41.4 Å². The third kappa shape index (κ3) is 4.17. The third-order valence-electron chi connectivity index (χ3n) is 3.81. The van der Waals surface area contributed by atoms with Gasteiger partial charge in [0.1, 0.15) is 11.1 Å². The predicted octanol–water partition coefficient (Wildman–Crippen LogP) is 5.67. The van der Waals surface area contributed by atoms with Crippen LogP contribution in [0.25, 0.3) is 0 Å². The van der Waals surface area contributed by atoms with Gasteiger partial charge in [-0.25, -0.2) is 4.79 Å². The molecule has 2 aromatic carbocycles. The summed E-state index contributed by atoms with van der Waals surface area (Å²) in [7, 11) is 0. The molecule has 0 aromatic heterocycles. The molecule has 0 radical (unpaired) electrons. The zero-order valence-corrected chi connectivity index (χ0v) is 16.0. The summed E-state index contributed by atoms with van der Waals surface area (Å²) in [5.41, 5.74) is 1.55. The number of hydrogen-bond donors (Lipinski definition) is 1. The van der Waals surface area contributed by atoms with Crippen molar-refractivity contribution in [2.24, 2.45) is 0 Å². The summed E-state index contributed by atoms with van der Waals surface area (Å²) in [5, 5.41) is 3.96. The highest BCUT2D eigenvalue weighted by atomic mass is 35.5. The first-order valence-electron chi connectivity index (χ1n) is 7.96. The predicted molar refractivity (Wildman–Crippen MR) is 105 cm³/mol. The molecule has 0 bridgehead atoms. The van der Waals surface area contributed by atoms with E-state index in [0.717, 1.165) is 11.3 Å². The first-order chi connectivity index (χ1) is 12.1. The van der Waals surface area contributed by atoms with Gasteiger partial charge in [0.25, 0.3) is 0 Å². The summed E-state index contributed by atoms with van der Waals surface area (Å²) in [5.74, 6) is 1.51. The van der Waals surface area contributed by atoms with Gasteiger partial charge in [0.15, 0.2) is 0 Å². The fourth-order valence-corrected chi connectivity index (χ4v) is 4.54. The smallest absolute Gasteiger partial charge is 0.323 e. The Bertz CT molecular complexity index is 772. The number of para-hydroxylation sites is 2. The SMILES string of the molecule is CCOc1ccccc1NC(=O)N1CCS[C@@H]1c1ccc(Cl)cc1Cl. The Labute approximate surface area is 161 Å². The summed E-state index contributed by atoms with van der Waals surface area (Å²) in [4.78, 5) is 14.6. The molecule has 4 nitrogen and oxygen atoms in total. The number of halogens is 2. The fraction of sp³-hybridized carbons (Fsp3) is 0.278. The van der Waals surface area contributed by atoms with Crippen molar-refractivity contribution >= 4 is 46.7 Å². The van der Waals surface area contributed by atoms with Gasteiger partial charge in [0.05, 0.1) is 12.3 Å². The minimum absolute atomic E-state index is 0.135. The number of urea groups is 1. The van der Waals surface area contributed by atoms with Crippen LogP contribution < -0.4 is 10.1 Å². The van der Waals surface area contributed by atoms with E-state index in [-0.39, 0.29) is 11.4 Å². The van der Waals surface area contributed by atoms with Gasteiger partial charge < -0.3 is 15.0 Å². The Kier molecular flexibility index (Phi) is 5.99. The first-order valence-corrected chi connectivity index (χ1v) is 9.76. The first kappa shape index (κ1) is 18.2. The van der Waals surface area contributed by atoms with Crippen molar-refractivity contribution in [2.45, 2.75) is 12.3 Å². The minimum Gasteiger partial charge on any atom is -0.492 e. The van der Waals surface area contributed by atoms with Crippen molar-refractivity contribution in [3.63, 3.8) is 0 Å². The molecule has 1 atom stereocenters. The summed E-state index contributed by atoms with van der Waals surface area (Å²) in [6.07, 6.45) is 0. The molecule has 7 heteroatoms. The number of anilines is 1. The van der Waals surface area contributed by atoms with Crippen LogP contribution >= 0.6 is 35.0 Å². The Balaban J connectivity index is 1.79. The van der Waals surface area contributed by atoms with Crippen LogP contribution in [0.15, 0.2) is 42.5 Å². The monoisotopic (exact) mass is 396 g/mol. The molecule has 1 aliphatic rings. The van der Waals surface area contributed by atoms with Crippen molar-refractivity contribution in [1.82, 2.24) is 4.90 Å². The summed E-state index contributed by atoms with van der Waals surface area (Å²) < 4.78 is 5.57. The molecule has 0 aliphatic carbocycles. The lowest BCUT2D eigenvalue weighted by atomic mass is 10.2. The number of carbonyl (C=O) groups is 1. The lowest BCUT2D eigenvalue weighted by molar-refractivity contribution is 0.214. The van der Waals surface area contributed by atoms with Gasteiger partial charge >= 0.3 is 6.03 Å². The van der Waals surface area contributed by atoms with E-state index in [1.54, 1.807) is 28.8 Å². The average molecular weight is 397 g/mol. The van der Waals surface area contributed by atoms with Gasteiger partial charge in [-0.05, 0) is 31.2 Å². The largest absolute Gasteiger partial charge is 0.492 e. The quantitative estimate of drug-likeness (QED) is 0.723. The second-order valence-corrected chi connectivity index (χ2v) is 7.47. The van der Waals surface area contributed by atoms with E-state index in [9.17, 15) is 4.79 Å². The number of rotatable bonds is 4. The number of benzene rings is 2. The number of carbonyl (C=O) groups excluding carboxylic acids is 1. The molecule has 1 heterocycles. The van der Waals surface area contributed by atoms with Crippen LogP contribution in [0.2, 0.25) is 10.0 Å². The maximum atomic E-state index is 12.8. The van der Waals surface area contributed by atoms with Crippen molar-refractivity contribution in [2.75, 3.05) is 24.2 Å². The van der Waals surface area contributed by atoms with Gasteiger partial charge in [-0.2, -0.15) is 0 Å². The van der Waals surface area contributed by atoms with Crippen molar-refractivity contribution in [3.8, 4) is 5.75 Å². The molecule has 0 unspecified atom stereocenters. The second-order valence-electron chi connectivity index (χ2n) is 5.44. The highest BCUT2D eigenvalue weighted by molar-refractivity contribution is 7.99. The van der Waals surface area contributed by atoms with Crippen LogP contribution in [0.1, 0.15) is 17.9 Å². The highest BCUT2D eigenvalue weighted by Crippen LogP contribution is 2.42. The van der Waals surface area contributed by atoms with Crippen molar-refractivity contribution < 1.29 is 9.53 Å². The van der Waals surface area contributed by atoms with E-state index >= 15 is 0 Å². The lowest BCUT2D eigenvalue weighted by Gasteiger charge is -2.25. The molecule has 3 rings (SSSR count). The van der Waals surface area contributed by atoms with Gasteiger partial charge in [0.2, 0.25) is 0 Å². The number of thioether (sulfide) groups is 1. The molecule has 1 N–H and O–H groups in total. The molecular formula is C18H18Cl2N2O2S. The molecule has 1 fully saturated rings. The van der Waals surface area contributed by atoms with E-state index in [2.05, 4.69) is 5.32 Å². The number of hydrogen-bond acceptors (Lipinski definition) is 3. The third-order valence-corrected chi connectivity index (χ3v) is 5.61. The molecule has 0 saturated carbocycles. The van der Waals surface area contributed by atoms with E-state index in [4.69, 9.17) is 27.9 Å². The molecular weight excluding hydrogens is 379 g/mol.